The van der Waals surface area contributed by atoms with Gasteiger partial charge >= 0.3 is 0 Å². The highest BCUT2D eigenvalue weighted by Gasteiger charge is 2.01. The van der Waals surface area contributed by atoms with E-state index >= 15 is 0 Å². The molecule has 0 saturated carbocycles. The van der Waals surface area contributed by atoms with Gasteiger partial charge in [0.05, 0.1) is 6.61 Å². The van der Waals surface area contributed by atoms with Gasteiger partial charge in [0.1, 0.15) is 5.75 Å². The zero-order valence-corrected chi connectivity index (χ0v) is 18.8. The molecule has 160 valence electrons. The predicted molar refractivity (Wildman–Crippen MR) is 125 cm³/mol. The van der Waals surface area contributed by atoms with Gasteiger partial charge in [-0.1, -0.05) is 83.4 Å². The fourth-order valence-corrected chi connectivity index (χ4v) is 3.60. The summed E-state index contributed by atoms with van der Waals surface area (Å²) in [7, 11) is 0. The maximum Gasteiger partial charge on any atom is 0.119 e. The number of aryl methyl sites for hydroxylation is 3. The van der Waals surface area contributed by atoms with Crippen molar-refractivity contribution >= 4 is 0 Å². The first-order chi connectivity index (χ1) is 14.3. The van der Waals surface area contributed by atoms with Crippen molar-refractivity contribution in [3.05, 3.63) is 59.4 Å². The Balaban J connectivity index is 1.63. The van der Waals surface area contributed by atoms with Gasteiger partial charge in [-0.05, 0) is 61.4 Å². The number of ether oxygens (including phenoxy) is 1. The summed E-state index contributed by atoms with van der Waals surface area (Å²) in [6.45, 7) is 5.35. The van der Waals surface area contributed by atoms with Crippen molar-refractivity contribution in [2.45, 2.75) is 97.3 Å². The molecule has 0 atom stereocenters. The van der Waals surface area contributed by atoms with Gasteiger partial charge in [-0.3, -0.25) is 4.98 Å². The number of unbranched alkanes of at least 4 members (excludes halogenated alkanes) is 8. The van der Waals surface area contributed by atoms with E-state index in [0.717, 1.165) is 38.0 Å². The Kier molecular flexibility index (Phi) is 12.2. The number of benzene rings is 1. The van der Waals surface area contributed by atoms with Crippen LogP contribution in [0.4, 0.5) is 0 Å². The largest absolute Gasteiger partial charge is 0.494 e. The third kappa shape index (κ3) is 10.5. The lowest BCUT2D eigenvalue weighted by Crippen LogP contribution is -1.98. The first kappa shape index (κ1) is 23.4. The molecule has 0 aliphatic carbocycles. The Hall–Kier alpha value is -1.83. The van der Waals surface area contributed by atoms with Crippen LogP contribution in [0.3, 0.4) is 0 Å². The fraction of sp³-hybridized carbons (Fsp3) is 0.593. The topological polar surface area (TPSA) is 22.1 Å². The van der Waals surface area contributed by atoms with E-state index in [1.165, 1.54) is 74.6 Å². The van der Waals surface area contributed by atoms with Crippen molar-refractivity contribution < 1.29 is 4.74 Å². The summed E-state index contributed by atoms with van der Waals surface area (Å²) in [4.78, 5) is 4.67. The van der Waals surface area contributed by atoms with Crippen LogP contribution < -0.4 is 4.74 Å². The second-order valence-electron chi connectivity index (χ2n) is 8.23. The number of nitrogens with zero attached hydrogens (tertiary/aromatic N) is 1. The Bertz CT molecular complexity index is 633. The Morgan fingerprint density at radius 1 is 0.621 bits per heavy atom. The van der Waals surface area contributed by atoms with Gasteiger partial charge in [-0.15, -0.1) is 0 Å². The lowest BCUT2D eigenvalue weighted by molar-refractivity contribution is 0.304. The molecule has 0 unspecified atom stereocenters. The molecule has 2 rings (SSSR count). The van der Waals surface area contributed by atoms with Gasteiger partial charge < -0.3 is 4.74 Å². The molecule has 0 saturated heterocycles. The monoisotopic (exact) mass is 395 g/mol. The van der Waals surface area contributed by atoms with E-state index in [-0.39, 0.29) is 0 Å². The summed E-state index contributed by atoms with van der Waals surface area (Å²) in [5.41, 5.74) is 3.91. The predicted octanol–water partition coefficient (Wildman–Crippen LogP) is 7.73. The van der Waals surface area contributed by atoms with E-state index in [4.69, 9.17) is 4.74 Å². The lowest BCUT2D eigenvalue weighted by Gasteiger charge is -2.08. The van der Waals surface area contributed by atoms with Crippen molar-refractivity contribution in [2.24, 2.45) is 0 Å². The molecule has 0 aliphatic heterocycles. The third-order valence-corrected chi connectivity index (χ3v) is 5.56. The molecule has 1 aromatic heterocycles. The minimum atomic E-state index is 0.831. The smallest absolute Gasteiger partial charge is 0.119 e. The van der Waals surface area contributed by atoms with Gasteiger partial charge in [0, 0.05) is 11.9 Å². The van der Waals surface area contributed by atoms with E-state index < -0.39 is 0 Å². The maximum atomic E-state index is 5.86. The number of hydrogen-bond donors (Lipinski definition) is 0. The average Bonchev–Trinajstić information content (AvgIpc) is 2.76. The van der Waals surface area contributed by atoms with Crippen LogP contribution >= 0.6 is 0 Å². The van der Waals surface area contributed by atoms with Crippen LogP contribution in [0.15, 0.2) is 42.6 Å². The second-order valence-corrected chi connectivity index (χ2v) is 8.23. The van der Waals surface area contributed by atoms with Crippen molar-refractivity contribution in [3.63, 3.8) is 0 Å². The number of rotatable bonds is 16. The quantitative estimate of drug-likeness (QED) is 0.271. The molecule has 0 aliphatic rings. The molecule has 0 bridgehead atoms. The molecule has 29 heavy (non-hydrogen) atoms. The molecule has 2 aromatic rings. The number of pyridine rings is 1. The van der Waals surface area contributed by atoms with Crippen LogP contribution in [-0.2, 0) is 19.3 Å². The molecule has 1 heterocycles. The van der Waals surface area contributed by atoms with Gasteiger partial charge in [-0.25, -0.2) is 0 Å². The van der Waals surface area contributed by atoms with Gasteiger partial charge in [-0.2, -0.15) is 0 Å². The molecular formula is C27H41NO. The molecule has 0 amide bonds. The SMILES string of the molecule is CCCCCCCOc1ccc(CCc2ccc(CCCCCCC)cn2)cc1. The molecule has 1 aromatic carbocycles. The fourth-order valence-electron chi connectivity index (χ4n) is 3.60. The lowest BCUT2D eigenvalue weighted by atomic mass is 10.0. The van der Waals surface area contributed by atoms with Crippen LogP contribution in [-0.4, -0.2) is 11.6 Å². The summed E-state index contributed by atoms with van der Waals surface area (Å²) in [6.07, 6.45) is 18.3. The van der Waals surface area contributed by atoms with E-state index in [9.17, 15) is 0 Å². The molecular weight excluding hydrogens is 354 g/mol. The molecule has 2 heteroatoms. The second kappa shape index (κ2) is 15.1. The van der Waals surface area contributed by atoms with E-state index in [1.54, 1.807) is 0 Å². The molecule has 2 nitrogen and oxygen atoms in total. The van der Waals surface area contributed by atoms with Gasteiger partial charge in [0.15, 0.2) is 0 Å². The first-order valence-corrected chi connectivity index (χ1v) is 12.0. The zero-order valence-electron chi connectivity index (χ0n) is 18.8. The van der Waals surface area contributed by atoms with Crippen LogP contribution in [0.2, 0.25) is 0 Å². The average molecular weight is 396 g/mol. The number of aromatic nitrogens is 1. The standard InChI is InChI=1S/C27H41NO/c1-3-5-7-9-11-13-25-15-19-26(28-23-25)18-14-24-16-20-27(21-17-24)29-22-12-10-8-6-4-2/h15-17,19-21,23H,3-14,18,22H2,1-2H3. The maximum absolute atomic E-state index is 5.86. The number of hydrogen-bond acceptors (Lipinski definition) is 2. The van der Waals surface area contributed by atoms with Crippen LogP contribution in [0.5, 0.6) is 5.75 Å². The summed E-state index contributed by atoms with van der Waals surface area (Å²) in [5, 5.41) is 0. The summed E-state index contributed by atoms with van der Waals surface area (Å²) in [5.74, 6) is 0.991. The van der Waals surface area contributed by atoms with Gasteiger partial charge in [0.2, 0.25) is 0 Å². The highest BCUT2D eigenvalue weighted by Crippen LogP contribution is 2.15. The Morgan fingerprint density at radius 2 is 1.28 bits per heavy atom. The molecule has 0 N–H and O–H groups in total. The van der Waals surface area contributed by atoms with Crippen LogP contribution in [0.1, 0.15) is 94.9 Å². The van der Waals surface area contributed by atoms with Crippen molar-refractivity contribution in [1.29, 1.82) is 0 Å². The van der Waals surface area contributed by atoms with Crippen LogP contribution in [0, 0.1) is 0 Å². The summed E-state index contributed by atoms with van der Waals surface area (Å²) in [6, 6.07) is 13.1. The Morgan fingerprint density at radius 3 is 1.93 bits per heavy atom. The van der Waals surface area contributed by atoms with Crippen molar-refractivity contribution in [1.82, 2.24) is 4.98 Å². The van der Waals surface area contributed by atoms with E-state index in [1.807, 2.05) is 0 Å². The highest BCUT2D eigenvalue weighted by molar-refractivity contribution is 5.28. The molecule has 0 spiro atoms. The zero-order chi connectivity index (χ0) is 20.6. The van der Waals surface area contributed by atoms with E-state index in [2.05, 4.69) is 61.4 Å². The molecule has 0 radical (unpaired) electrons. The summed E-state index contributed by atoms with van der Waals surface area (Å²) >= 11 is 0. The minimum Gasteiger partial charge on any atom is -0.494 e. The van der Waals surface area contributed by atoms with E-state index in [0.29, 0.717) is 0 Å². The Labute approximate surface area is 179 Å². The first-order valence-electron chi connectivity index (χ1n) is 12.0. The van der Waals surface area contributed by atoms with Crippen molar-refractivity contribution in [2.75, 3.05) is 6.61 Å². The highest BCUT2D eigenvalue weighted by atomic mass is 16.5. The normalized spacial score (nSPS) is 11.0. The van der Waals surface area contributed by atoms with Gasteiger partial charge in [0.25, 0.3) is 0 Å². The minimum absolute atomic E-state index is 0.831. The van der Waals surface area contributed by atoms with Crippen molar-refractivity contribution in [3.8, 4) is 5.75 Å². The third-order valence-electron chi connectivity index (χ3n) is 5.56. The molecule has 0 fully saturated rings. The van der Waals surface area contributed by atoms with Crippen LogP contribution in [0.25, 0.3) is 0 Å². The summed E-state index contributed by atoms with van der Waals surface area (Å²) < 4.78 is 5.86.